The highest BCUT2D eigenvalue weighted by molar-refractivity contribution is 8.04. The van der Waals surface area contributed by atoms with E-state index in [2.05, 4.69) is 25.6 Å². The first kappa shape index (κ1) is 28.8. The van der Waals surface area contributed by atoms with Crippen molar-refractivity contribution in [2.24, 2.45) is 11.7 Å². The van der Waals surface area contributed by atoms with Crippen LogP contribution >= 0.6 is 11.9 Å². The highest BCUT2D eigenvalue weighted by Crippen LogP contribution is 2.25. The molecule has 3 rings (SSSR count). The molecule has 0 aromatic heterocycles. The van der Waals surface area contributed by atoms with E-state index in [0.29, 0.717) is 36.1 Å². The van der Waals surface area contributed by atoms with Gasteiger partial charge >= 0.3 is 0 Å². The van der Waals surface area contributed by atoms with Gasteiger partial charge in [-0.1, -0.05) is 0 Å². The molecule has 2 aliphatic rings. The number of carbonyl (C=O) groups excluding carboxylic acids is 3. The summed E-state index contributed by atoms with van der Waals surface area (Å²) in [6, 6.07) is 7.07. The molecule has 1 aromatic rings. The van der Waals surface area contributed by atoms with E-state index in [9.17, 15) is 14.4 Å². The van der Waals surface area contributed by atoms with Gasteiger partial charge in [0.05, 0.1) is 0 Å². The summed E-state index contributed by atoms with van der Waals surface area (Å²) in [5.74, 6) is -0.286. The van der Waals surface area contributed by atoms with Crippen molar-refractivity contribution in [1.29, 1.82) is 0 Å². The van der Waals surface area contributed by atoms with Crippen LogP contribution in [-0.4, -0.2) is 79.9 Å². The second-order valence-corrected chi connectivity index (χ2v) is 10.3. The van der Waals surface area contributed by atoms with E-state index in [1.165, 1.54) is 24.7 Å². The highest BCUT2D eigenvalue weighted by Gasteiger charge is 2.22. The summed E-state index contributed by atoms with van der Waals surface area (Å²) >= 11 is 1.11. The molecule has 0 unspecified atom stereocenters. The number of amides is 3. The number of likely N-dealkylation sites (tertiary alicyclic amines) is 1. The van der Waals surface area contributed by atoms with E-state index in [1.54, 1.807) is 24.3 Å². The first-order valence-electron chi connectivity index (χ1n) is 13.2. The van der Waals surface area contributed by atoms with Crippen molar-refractivity contribution in [2.45, 2.75) is 39.5 Å². The average molecular weight is 532 g/mol. The Hall–Kier alpha value is -2.76. The Morgan fingerprint density at radius 2 is 1.78 bits per heavy atom. The first-order chi connectivity index (χ1) is 17.9. The lowest BCUT2D eigenvalue weighted by molar-refractivity contribution is -0.126. The number of benzene rings is 1. The third-order valence-corrected chi connectivity index (χ3v) is 7.72. The van der Waals surface area contributed by atoms with E-state index in [4.69, 9.17) is 5.73 Å². The average Bonchev–Trinajstić information content (AvgIpc) is 3.43. The van der Waals surface area contributed by atoms with Gasteiger partial charge in [-0.05, 0) is 89.0 Å². The Bertz CT molecular complexity index is 942. The number of nitrogens with zero attached hydrogens (tertiary/aromatic N) is 2. The predicted molar refractivity (Wildman–Crippen MR) is 149 cm³/mol. The van der Waals surface area contributed by atoms with E-state index in [-0.39, 0.29) is 23.4 Å². The Morgan fingerprint density at radius 1 is 1.11 bits per heavy atom. The molecular weight excluding hydrogens is 490 g/mol. The number of hydrogen-bond acceptors (Lipinski definition) is 8. The number of rotatable bonds is 12. The topological polar surface area (TPSA) is 132 Å². The van der Waals surface area contributed by atoms with Crippen LogP contribution in [0.25, 0.3) is 0 Å². The van der Waals surface area contributed by atoms with Gasteiger partial charge in [0.1, 0.15) is 10.7 Å². The Morgan fingerprint density at radius 3 is 2.41 bits per heavy atom. The molecular formula is C26H41N7O3S. The summed E-state index contributed by atoms with van der Waals surface area (Å²) in [4.78, 5) is 41.4. The first-order valence-corrected chi connectivity index (χ1v) is 14.0. The maximum absolute atomic E-state index is 12.8. The van der Waals surface area contributed by atoms with Gasteiger partial charge in [0.25, 0.3) is 11.8 Å². The second-order valence-electron chi connectivity index (χ2n) is 9.47. The van der Waals surface area contributed by atoms with Crippen molar-refractivity contribution in [3.8, 4) is 0 Å². The highest BCUT2D eigenvalue weighted by atomic mass is 32.2. The molecule has 2 fully saturated rings. The molecule has 204 valence electrons. The maximum atomic E-state index is 12.8. The van der Waals surface area contributed by atoms with Gasteiger partial charge < -0.3 is 36.2 Å². The van der Waals surface area contributed by atoms with E-state index >= 15 is 0 Å². The van der Waals surface area contributed by atoms with Gasteiger partial charge in [0.2, 0.25) is 5.91 Å². The summed E-state index contributed by atoms with van der Waals surface area (Å²) < 4.78 is 3.16. The van der Waals surface area contributed by atoms with Crippen LogP contribution in [0.4, 0.5) is 5.69 Å². The van der Waals surface area contributed by atoms with E-state index < -0.39 is 0 Å². The number of nitrogens with one attached hydrogen (secondary N) is 4. The molecule has 0 aliphatic carbocycles. The fourth-order valence-electron chi connectivity index (χ4n) is 4.51. The summed E-state index contributed by atoms with van der Waals surface area (Å²) in [5.41, 5.74) is 7.55. The lowest BCUT2D eigenvalue weighted by Crippen LogP contribution is -2.39. The van der Waals surface area contributed by atoms with Gasteiger partial charge in [0, 0.05) is 56.3 Å². The Balaban J connectivity index is 1.58. The van der Waals surface area contributed by atoms with Gasteiger partial charge in [-0.3, -0.25) is 14.4 Å². The zero-order valence-corrected chi connectivity index (χ0v) is 22.8. The smallest absolute Gasteiger partial charge is 0.269 e. The monoisotopic (exact) mass is 531 g/mol. The molecule has 10 nitrogen and oxygen atoms in total. The number of anilines is 1. The van der Waals surface area contributed by atoms with Crippen molar-refractivity contribution < 1.29 is 14.4 Å². The van der Waals surface area contributed by atoms with E-state index in [0.717, 1.165) is 63.2 Å². The van der Waals surface area contributed by atoms with Crippen molar-refractivity contribution in [2.75, 3.05) is 57.1 Å². The molecule has 11 heteroatoms. The third-order valence-electron chi connectivity index (χ3n) is 6.75. The zero-order chi connectivity index (χ0) is 26.6. The van der Waals surface area contributed by atoms with Crippen LogP contribution in [0.15, 0.2) is 35.0 Å². The van der Waals surface area contributed by atoms with Crippen LogP contribution in [-0.2, 0) is 9.59 Å². The van der Waals surface area contributed by atoms with Crippen LogP contribution in [0.3, 0.4) is 0 Å². The van der Waals surface area contributed by atoms with Crippen LogP contribution in [0.2, 0.25) is 0 Å². The molecule has 2 aliphatic heterocycles. The summed E-state index contributed by atoms with van der Waals surface area (Å²) in [7, 11) is 0. The molecule has 0 bridgehead atoms. The van der Waals surface area contributed by atoms with Gasteiger partial charge in [-0.15, -0.1) is 0 Å². The molecule has 3 amide bonds. The van der Waals surface area contributed by atoms with Gasteiger partial charge in [0.15, 0.2) is 0 Å². The molecule has 37 heavy (non-hydrogen) atoms. The fraction of sp³-hybridized carbons (Fsp3) is 0.577. The Labute approximate surface area is 224 Å². The number of hydrogen-bond donors (Lipinski definition) is 5. The largest absolute Gasteiger partial charge is 0.392 e. The van der Waals surface area contributed by atoms with Crippen LogP contribution in [0.1, 0.15) is 49.9 Å². The molecule has 0 radical (unpaired) electrons. The number of piperidine rings is 1. The van der Waals surface area contributed by atoms with Crippen molar-refractivity contribution >= 4 is 35.4 Å². The normalized spacial score (nSPS) is 17.1. The molecule has 0 saturated carbocycles. The quantitative estimate of drug-likeness (QED) is 0.203. The number of nitrogens with two attached hydrogens (primary N) is 1. The molecule has 0 spiro atoms. The van der Waals surface area contributed by atoms with Crippen molar-refractivity contribution in [1.82, 2.24) is 25.8 Å². The fourth-order valence-corrected chi connectivity index (χ4v) is 5.43. The number of carbonyl (C=O) groups is 3. The minimum absolute atomic E-state index is 0.00233. The predicted octanol–water partition coefficient (Wildman–Crippen LogP) is 1.68. The SMILES string of the molecule is CCN(C(C)=O)/C(SNc1ccc(C(=O)NCCN2CCCC2)cc1)=C(\N)C(=O)NCC1CCNCC1. The van der Waals surface area contributed by atoms with Gasteiger partial charge in [-0.25, -0.2) is 0 Å². The van der Waals surface area contributed by atoms with Crippen LogP contribution in [0, 0.1) is 5.92 Å². The second kappa shape index (κ2) is 14.8. The molecule has 1 aromatic carbocycles. The van der Waals surface area contributed by atoms with Gasteiger partial charge in [-0.2, -0.15) is 0 Å². The maximum Gasteiger partial charge on any atom is 0.269 e. The summed E-state index contributed by atoms with van der Waals surface area (Å²) in [6.45, 7) is 9.81. The summed E-state index contributed by atoms with van der Waals surface area (Å²) in [6.07, 6.45) is 4.48. The zero-order valence-electron chi connectivity index (χ0n) is 22.0. The summed E-state index contributed by atoms with van der Waals surface area (Å²) in [5, 5.41) is 9.56. The van der Waals surface area contributed by atoms with Crippen LogP contribution in [0.5, 0.6) is 0 Å². The lowest BCUT2D eigenvalue weighted by Gasteiger charge is -2.25. The molecule has 2 saturated heterocycles. The third kappa shape index (κ3) is 8.94. The molecule has 0 atom stereocenters. The van der Waals surface area contributed by atoms with E-state index in [1.807, 2.05) is 6.92 Å². The van der Waals surface area contributed by atoms with Crippen LogP contribution < -0.4 is 26.4 Å². The molecule has 2 heterocycles. The molecule has 6 N–H and O–H groups in total. The van der Waals surface area contributed by atoms with Crippen molar-refractivity contribution in [3.63, 3.8) is 0 Å². The lowest BCUT2D eigenvalue weighted by atomic mass is 9.98. The minimum Gasteiger partial charge on any atom is -0.392 e. The minimum atomic E-state index is -0.386. The van der Waals surface area contributed by atoms with Crippen molar-refractivity contribution in [3.05, 3.63) is 40.6 Å². The Kier molecular flexibility index (Phi) is 11.6. The standard InChI is InChI=1S/C26H41N7O3S/c1-3-33(19(2)34)26(23(27)25(36)30-18-20-10-12-28-13-11-20)37-31-22-8-6-21(7-9-22)24(35)29-14-17-32-15-4-5-16-32/h6-9,20,28,31H,3-5,10-18,27H2,1-2H3,(H,29,35)(H,30,36)/b26-23+.